The van der Waals surface area contributed by atoms with Crippen LogP contribution in [0.15, 0.2) is 24.3 Å². The van der Waals surface area contributed by atoms with Gasteiger partial charge in [0.25, 0.3) is 0 Å². The summed E-state index contributed by atoms with van der Waals surface area (Å²) < 4.78 is 0. The molecule has 0 atom stereocenters. The number of hydrogen-bond acceptors (Lipinski definition) is 1. The number of anilines is 1. The van der Waals surface area contributed by atoms with Crippen molar-refractivity contribution >= 4 is 5.69 Å². The fraction of sp³-hybridized carbons (Fsp3) is 0.600. The summed E-state index contributed by atoms with van der Waals surface area (Å²) in [5, 5.41) is 0. The van der Waals surface area contributed by atoms with E-state index < -0.39 is 0 Å². The van der Waals surface area contributed by atoms with Crippen LogP contribution in [0.2, 0.25) is 0 Å². The lowest BCUT2D eigenvalue weighted by Gasteiger charge is -2.24. The number of hydrogen-bond donors (Lipinski definition) is 0. The maximum Gasteiger partial charge on any atom is 0.0368 e. The predicted octanol–water partition coefficient (Wildman–Crippen LogP) is 4.68. The smallest absolute Gasteiger partial charge is 0.0368 e. The lowest BCUT2D eigenvalue weighted by Crippen LogP contribution is -2.25. The van der Waals surface area contributed by atoms with E-state index in [2.05, 4.69) is 63.9 Å². The third-order valence-corrected chi connectivity index (χ3v) is 2.72. The standard InChI is InChI=1S/C13H21N.C2H6/c1-10(2)12-7-6-8-13(9-12)14(5)11(3)4;1-2/h6-11H,1-5H3;1-2H3. The third-order valence-electron chi connectivity index (χ3n) is 2.72. The third kappa shape index (κ3) is 4.26. The maximum atomic E-state index is 2.30. The van der Waals surface area contributed by atoms with Crippen molar-refractivity contribution in [1.82, 2.24) is 0 Å². The van der Waals surface area contributed by atoms with Crippen molar-refractivity contribution in [3.8, 4) is 0 Å². The van der Waals surface area contributed by atoms with Gasteiger partial charge >= 0.3 is 0 Å². The highest BCUT2D eigenvalue weighted by Gasteiger charge is 2.06. The molecule has 0 saturated heterocycles. The van der Waals surface area contributed by atoms with Gasteiger partial charge in [-0.15, -0.1) is 0 Å². The van der Waals surface area contributed by atoms with Gasteiger partial charge in [0.2, 0.25) is 0 Å². The van der Waals surface area contributed by atoms with Crippen LogP contribution in [0.4, 0.5) is 5.69 Å². The van der Waals surface area contributed by atoms with Gasteiger partial charge in [0.1, 0.15) is 0 Å². The Bertz CT molecular complexity index is 289. The molecule has 0 bridgehead atoms. The van der Waals surface area contributed by atoms with Crippen LogP contribution in [0, 0.1) is 0 Å². The molecule has 1 aromatic rings. The molecule has 0 aliphatic carbocycles. The minimum atomic E-state index is 0.553. The Kier molecular flexibility index (Phi) is 6.87. The zero-order valence-corrected chi connectivity index (χ0v) is 11.9. The molecule has 1 rings (SSSR count). The lowest BCUT2D eigenvalue weighted by molar-refractivity contribution is 0.752. The number of rotatable bonds is 3. The summed E-state index contributed by atoms with van der Waals surface area (Å²) in [6, 6.07) is 9.35. The molecule has 0 aliphatic heterocycles. The van der Waals surface area contributed by atoms with Crippen molar-refractivity contribution in [2.24, 2.45) is 0 Å². The van der Waals surface area contributed by atoms with E-state index in [9.17, 15) is 0 Å². The molecule has 92 valence electrons. The number of benzene rings is 1. The second-order valence-corrected chi connectivity index (χ2v) is 4.45. The molecule has 1 heteroatoms. The molecule has 0 heterocycles. The van der Waals surface area contributed by atoms with Gasteiger partial charge in [0, 0.05) is 18.8 Å². The van der Waals surface area contributed by atoms with Crippen LogP contribution in [0.1, 0.15) is 53.0 Å². The molecule has 0 spiro atoms. The fourth-order valence-electron chi connectivity index (χ4n) is 1.40. The second-order valence-electron chi connectivity index (χ2n) is 4.45. The van der Waals surface area contributed by atoms with Crippen molar-refractivity contribution in [2.45, 2.75) is 53.5 Å². The van der Waals surface area contributed by atoms with E-state index in [0.29, 0.717) is 12.0 Å². The molecule has 0 aliphatic rings. The summed E-state index contributed by atoms with van der Waals surface area (Å²) in [5.41, 5.74) is 2.72. The van der Waals surface area contributed by atoms with Crippen LogP contribution in [0.3, 0.4) is 0 Å². The van der Waals surface area contributed by atoms with E-state index >= 15 is 0 Å². The van der Waals surface area contributed by atoms with E-state index in [1.807, 2.05) is 13.8 Å². The predicted molar refractivity (Wildman–Crippen MR) is 75.4 cm³/mol. The highest BCUT2D eigenvalue weighted by atomic mass is 15.1. The van der Waals surface area contributed by atoms with Crippen LogP contribution < -0.4 is 4.90 Å². The van der Waals surface area contributed by atoms with Crippen LogP contribution in [-0.2, 0) is 0 Å². The molecule has 1 nitrogen and oxygen atoms in total. The lowest BCUT2D eigenvalue weighted by atomic mass is 10.0. The van der Waals surface area contributed by atoms with Crippen molar-refractivity contribution in [1.29, 1.82) is 0 Å². The van der Waals surface area contributed by atoms with Gasteiger partial charge in [-0.2, -0.15) is 0 Å². The molecular weight excluding hydrogens is 194 g/mol. The maximum absolute atomic E-state index is 2.30. The molecule has 0 fully saturated rings. The minimum Gasteiger partial charge on any atom is -0.372 e. The molecule has 0 aromatic heterocycles. The highest BCUT2D eigenvalue weighted by molar-refractivity contribution is 5.49. The van der Waals surface area contributed by atoms with Crippen LogP contribution in [0.25, 0.3) is 0 Å². The first-order chi connectivity index (χ1) is 7.52. The Hall–Kier alpha value is -0.980. The zero-order chi connectivity index (χ0) is 12.7. The van der Waals surface area contributed by atoms with Crippen molar-refractivity contribution in [3.05, 3.63) is 29.8 Å². The monoisotopic (exact) mass is 221 g/mol. The first-order valence-electron chi connectivity index (χ1n) is 6.35. The first kappa shape index (κ1) is 15.0. The first-order valence-corrected chi connectivity index (χ1v) is 6.35. The average Bonchev–Trinajstić information content (AvgIpc) is 2.30. The normalized spacial score (nSPS) is 10.1. The largest absolute Gasteiger partial charge is 0.372 e. The molecule has 0 radical (unpaired) electrons. The summed E-state index contributed by atoms with van der Waals surface area (Å²) in [4.78, 5) is 2.30. The Morgan fingerprint density at radius 2 is 1.56 bits per heavy atom. The number of nitrogens with zero attached hydrogens (tertiary/aromatic N) is 1. The fourth-order valence-corrected chi connectivity index (χ4v) is 1.40. The molecule has 1 aromatic carbocycles. The molecule has 0 unspecified atom stereocenters. The molecule has 16 heavy (non-hydrogen) atoms. The Labute approximate surface area is 101 Å². The van der Waals surface area contributed by atoms with Gasteiger partial charge < -0.3 is 4.90 Å². The van der Waals surface area contributed by atoms with E-state index in [1.54, 1.807) is 0 Å². The quantitative estimate of drug-likeness (QED) is 0.716. The SMILES string of the molecule is CC.CC(C)c1cccc(N(C)C(C)C)c1. The van der Waals surface area contributed by atoms with Gasteiger partial charge in [-0.25, -0.2) is 0 Å². The van der Waals surface area contributed by atoms with Gasteiger partial charge in [-0.3, -0.25) is 0 Å². The van der Waals surface area contributed by atoms with Crippen LogP contribution in [-0.4, -0.2) is 13.1 Å². The van der Waals surface area contributed by atoms with E-state index in [4.69, 9.17) is 0 Å². The molecular formula is C15H27N. The summed E-state index contributed by atoms with van der Waals surface area (Å²) in [7, 11) is 2.14. The van der Waals surface area contributed by atoms with E-state index in [0.717, 1.165) is 0 Å². The van der Waals surface area contributed by atoms with Crippen LogP contribution >= 0.6 is 0 Å². The van der Waals surface area contributed by atoms with Gasteiger partial charge in [0.15, 0.2) is 0 Å². The second kappa shape index (κ2) is 7.32. The highest BCUT2D eigenvalue weighted by Crippen LogP contribution is 2.21. The van der Waals surface area contributed by atoms with E-state index in [-0.39, 0.29) is 0 Å². The Morgan fingerprint density at radius 1 is 1.00 bits per heavy atom. The minimum absolute atomic E-state index is 0.553. The summed E-state index contributed by atoms with van der Waals surface area (Å²) in [6.07, 6.45) is 0. The van der Waals surface area contributed by atoms with Crippen molar-refractivity contribution in [3.63, 3.8) is 0 Å². The van der Waals surface area contributed by atoms with Gasteiger partial charge in [-0.1, -0.05) is 39.8 Å². The molecule has 0 saturated carbocycles. The van der Waals surface area contributed by atoms with Crippen molar-refractivity contribution < 1.29 is 0 Å². The zero-order valence-electron chi connectivity index (χ0n) is 11.9. The molecule has 0 N–H and O–H groups in total. The van der Waals surface area contributed by atoms with Gasteiger partial charge in [-0.05, 0) is 37.5 Å². The Balaban J connectivity index is 0.00000106. The topological polar surface area (TPSA) is 3.24 Å². The van der Waals surface area contributed by atoms with Crippen LogP contribution in [0.5, 0.6) is 0 Å². The van der Waals surface area contributed by atoms with Crippen molar-refractivity contribution in [2.75, 3.05) is 11.9 Å². The van der Waals surface area contributed by atoms with E-state index in [1.165, 1.54) is 11.3 Å². The average molecular weight is 221 g/mol. The van der Waals surface area contributed by atoms with Gasteiger partial charge in [0.05, 0.1) is 0 Å². The molecule has 0 amide bonds. The summed E-state index contributed by atoms with van der Waals surface area (Å²) >= 11 is 0. The summed E-state index contributed by atoms with van der Waals surface area (Å²) in [5.74, 6) is 0.607. The summed E-state index contributed by atoms with van der Waals surface area (Å²) in [6.45, 7) is 12.9. The Morgan fingerprint density at radius 3 is 2.00 bits per heavy atom.